The smallest absolute Gasteiger partial charge is 0.331 e. The summed E-state index contributed by atoms with van der Waals surface area (Å²) >= 11 is 0. The molecule has 2 bridgehead atoms. The zero-order valence-corrected chi connectivity index (χ0v) is 11.9. The normalized spacial score (nSPS) is 40.4. The highest BCUT2D eigenvalue weighted by atomic mass is 16.4. The van der Waals surface area contributed by atoms with Gasteiger partial charge in [0.25, 0.3) is 0 Å². The first kappa shape index (κ1) is 12.3. The minimum Gasteiger partial charge on any atom is -0.479 e. The van der Waals surface area contributed by atoms with E-state index in [-0.39, 0.29) is 0 Å². The fourth-order valence-electron chi connectivity index (χ4n) is 4.82. The van der Waals surface area contributed by atoms with Crippen LogP contribution in [0.3, 0.4) is 0 Å². The number of fused-ring (bicyclic) bond motifs is 5. The largest absolute Gasteiger partial charge is 0.479 e. The predicted molar refractivity (Wildman–Crippen MR) is 69.9 cm³/mol. The third kappa shape index (κ3) is 1.34. The van der Waals surface area contributed by atoms with Crippen molar-refractivity contribution in [1.29, 1.82) is 0 Å². The van der Waals surface area contributed by atoms with Crippen LogP contribution in [0.25, 0.3) is 0 Å². The molecule has 6 heteroatoms. The zero-order valence-electron chi connectivity index (χ0n) is 11.9. The Morgan fingerprint density at radius 3 is 2.60 bits per heavy atom. The van der Waals surface area contributed by atoms with Crippen LogP contribution in [-0.2, 0) is 10.3 Å². The van der Waals surface area contributed by atoms with Crippen LogP contribution in [0.2, 0.25) is 0 Å². The molecule has 3 saturated carbocycles. The molecule has 3 aliphatic rings. The van der Waals surface area contributed by atoms with Crippen LogP contribution in [-0.4, -0.2) is 31.3 Å². The molecule has 0 saturated heterocycles. The second-order valence-electron chi connectivity index (χ2n) is 6.90. The molecule has 5 unspecified atom stereocenters. The highest BCUT2D eigenvalue weighted by Gasteiger charge is 2.67. The Morgan fingerprint density at radius 1 is 1.40 bits per heavy atom. The van der Waals surface area contributed by atoms with Gasteiger partial charge in [0.05, 0.1) is 0 Å². The van der Waals surface area contributed by atoms with E-state index in [4.69, 9.17) is 0 Å². The Kier molecular flexibility index (Phi) is 2.34. The van der Waals surface area contributed by atoms with E-state index >= 15 is 0 Å². The Balaban J connectivity index is 1.69. The molecule has 1 aromatic rings. The van der Waals surface area contributed by atoms with Crippen molar-refractivity contribution in [2.45, 2.75) is 51.0 Å². The number of rotatable bonds is 4. The molecular weight excluding hydrogens is 256 g/mol. The van der Waals surface area contributed by atoms with Crippen LogP contribution in [0.15, 0.2) is 0 Å². The minimum absolute atomic E-state index is 0.404. The maximum atomic E-state index is 11.6. The van der Waals surface area contributed by atoms with Crippen molar-refractivity contribution in [3.05, 3.63) is 5.82 Å². The van der Waals surface area contributed by atoms with Gasteiger partial charge in [-0.2, -0.15) is 0 Å². The van der Waals surface area contributed by atoms with E-state index in [1.807, 2.05) is 6.92 Å². The Labute approximate surface area is 117 Å². The topological polar surface area (TPSA) is 80.9 Å². The van der Waals surface area contributed by atoms with Gasteiger partial charge in [0.15, 0.2) is 11.4 Å². The van der Waals surface area contributed by atoms with E-state index in [9.17, 15) is 9.90 Å². The van der Waals surface area contributed by atoms with E-state index in [1.54, 1.807) is 11.6 Å². The lowest BCUT2D eigenvalue weighted by Crippen LogP contribution is -2.40. The number of carboxylic acid groups (broad SMARTS) is 1. The first-order chi connectivity index (χ1) is 9.58. The van der Waals surface area contributed by atoms with Crippen molar-refractivity contribution < 1.29 is 9.90 Å². The Bertz CT molecular complexity index is 555. The molecule has 0 spiro atoms. The monoisotopic (exact) mass is 276 g/mol. The van der Waals surface area contributed by atoms with Gasteiger partial charge in [0, 0.05) is 5.92 Å². The molecule has 1 aromatic heterocycles. The standard InChI is InChI=1S/C14H20N4O2/c1-3-14(2,13(19)20)18-12(15-16-17-18)11-9-7-4-5-8(6-7)10(9)11/h7-11H,3-6H2,1-2H3,(H,19,20). The summed E-state index contributed by atoms with van der Waals surface area (Å²) in [6, 6.07) is 0. The van der Waals surface area contributed by atoms with Crippen molar-refractivity contribution in [3.8, 4) is 0 Å². The summed E-state index contributed by atoms with van der Waals surface area (Å²) in [6.45, 7) is 3.58. The average molecular weight is 276 g/mol. The molecule has 0 aromatic carbocycles. The fourth-order valence-corrected chi connectivity index (χ4v) is 4.82. The summed E-state index contributed by atoms with van der Waals surface area (Å²) < 4.78 is 1.58. The van der Waals surface area contributed by atoms with E-state index < -0.39 is 11.5 Å². The number of carboxylic acids is 1. The van der Waals surface area contributed by atoms with Gasteiger partial charge in [0.2, 0.25) is 0 Å². The SMILES string of the molecule is CCC(C)(C(=O)O)n1nnnc1C1C2C3CCC(C3)C12. The van der Waals surface area contributed by atoms with Gasteiger partial charge in [-0.05, 0) is 66.7 Å². The number of nitrogens with zero attached hydrogens (tertiary/aromatic N) is 4. The lowest BCUT2D eigenvalue weighted by atomic mass is 9.97. The van der Waals surface area contributed by atoms with Crippen LogP contribution in [0.5, 0.6) is 0 Å². The molecular formula is C14H20N4O2. The molecule has 1 N–H and O–H groups in total. The number of aliphatic carboxylic acids is 1. The van der Waals surface area contributed by atoms with Gasteiger partial charge in [-0.25, -0.2) is 9.48 Å². The van der Waals surface area contributed by atoms with Crippen molar-refractivity contribution in [1.82, 2.24) is 20.2 Å². The van der Waals surface area contributed by atoms with Gasteiger partial charge in [-0.1, -0.05) is 6.92 Å². The van der Waals surface area contributed by atoms with Crippen LogP contribution >= 0.6 is 0 Å². The summed E-state index contributed by atoms with van der Waals surface area (Å²) in [5.41, 5.74) is -1.03. The van der Waals surface area contributed by atoms with Gasteiger partial charge in [0.1, 0.15) is 0 Å². The van der Waals surface area contributed by atoms with Gasteiger partial charge in [-0.15, -0.1) is 5.10 Å². The summed E-state index contributed by atoms with van der Waals surface area (Å²) in [5.74, 6) is 3.45. The van der Waals surface area contributed by atoms with E-state index in [2.05, 4.69) is 15.5 Å². The highest BCUT2D eigenvalue weighted by molar-refractivity contribution is 5.76. The van der Waals surface area contributed by atoms with Crippen molar-refractivity contribution in [2.24, 2.45) is 23.7 Å². The molecule has 0 aliphatic heterocycles. The van der Waals surface area contributed by atoms with Crippen molar-refractivity contribution in [3.63, 3.8) is 0 Å². The Hall–Kier alpha value is -1.46. The van der Waals surface area contributed by atoms with E-state index in [1.165, 1.54) is 19.3 Å². The maximum absolute atomic E-state index is 11.6. The molecule has 0 amide bonds. The number of hydrogen-bond acceptors (Lipinski definition) is 4. The summed E-state index contributed by atoms with van der Waals surface area (Å²) in [6.07, 6.45) is 4.54. The summed E-state index contributed by atoms with van der Waals surface area (Å²) in [4.78, 5) is 11.6. The van der Waals surface area contributed by atoms with Crippen LogP contribution in [0.1, 0.15) is 51.3 Å². The Morgan fingerprint density at radius 2 is 2.05 bits per heavy atom. The quantitative estimate of drug-likeness (QED) is 0.904. The maximum Gasteiger partial charge on any atom is 0.331 e. The van der Waals surface area contributed by atoms with Crippen LogP contribution < -0.4 is 0 Å². The minimum atomic E-state index is -1.03. The van der Waals surface area contributed by atoms with Crippen molar-refractivity contribution in [2.75, 3.05) is 0 Å². The summed E-state index contributed by atoms with van der Waals surface area (Å²) in [5, 5.41) is 21.5. The third-order valence-corrected chi connectivity index (χ3v) is 6.14. The van der Waals surface area contributed by atoms with Crippen LogP contribution in [0, 0.1) is 23.7 Å². The molecule has 108 valence electrons. The van der Waals surface area contributed by atoms with Crippen molar-refractivity contribution >= 4 is 5.97 Å². The lowest BCUT2D eigenvalue weighted by molar-refractivity contribution is -0.147. The fraction of sp³-hybridized carbons (Fsp3) is 0.857. The second-order valence-corrected chi connectivity index (χ2v) is 6.90. The number of hydrogen-bond donors (Lipinski definition) is 1. The first-order valence-corrected chi connectivity index (χ1v) is 7.60. The average Bonchev–Trinajstić information content (AvgIpc) is 2.87. The number of tetrazole rings is 1. The first-order valence-electron chi connectivity index (χ1n) is 7.60. The molecule has 4 rings (SSSR count). The molecule has 6 nitrogen and oxygen atoms in total. The molecule has 1 heterocycles. The van der Waals surface area contributed by atoms with E-state index in [0.717, 1.165) is 17.7 Å². The highest BCUT2D eigenvalue weighted by Crippen LogP contribution is 2.72. The zero-order chi connectivity index (χ0) is 14.1. The van der Waals surface area contributed by atoms with Gasteiger partial charge in [-0.3, -0.25) is 0 Å². The van der Waals surface area contributed by atoms with E-state index in [0.29, 0.717) is 24.2 Å². The van der Waals surface area contributed by atoms with Gasteiger partial charge >= 0.3 is 5.97 Å². The molecule has 5 atom stereocenters. The molecule has 3 fully saturated rings. The third-order valence-electron chi connectivity index (χ3n) is 6.14. The molecule has 0 radical (unpaired) electrons. The summed E-state index contributed by atoms with van der Waals surface area (Å²) in [7, 11) is 0. The van der Waals surface area contributed by atoms with Crippen LogP contribution in [0.4, 0.5) is 0 Å². The number of aromatic nitrogens is 4. The second kappa shape index (κ2) is 3.80. The lowest BCUT2D eigenvalue weighted by Gasteiger charge is -2.24. The predicted octanol–water partition coefficient (Wildman–Crippen LogP) is 1.64. The molecule has 20 heavy (non-hydrogen) atoms. The number of carbonyl (C=O) groups is 1. The van der Waals surface area contributed by atoms with Gasteiger partial charge < -0.3 is 5.11 Å². The molecule has 3 aliphatic carbocycles.